The Labute approximate surface area is 184 Å². The van der Waals surface area contributed by atoms with Crippen molar-refractivity contribution in [2.24, 2.45) is 10.9 Å². The molecular formula is C11H13N6NaO8S2. The number of aromatic nitrogens is 1. The van der Waals surface area contributed by atoms with Gasteiger partial charge in [-0.05, 0) is 0 Å². The average molecular weight is 444 g/mol. The summed E-state index contributed by atoms with van der Waals surface area (Å²) in [4.78, 5) is 43.5. The van der Waals surface area contributed by atoms with E-state index in [9.17, 15) is 27.4 Å². The fraction of sp³-hybridized carbons (Fsp3) is 0.364. The van der Waals surface area contributed by atoms with Crippen LogP contribution in [0.4, 0.5) is 9.93 Å². The van der Waals surface area contributed by atoms with Crippen LogP contribution < -0.4 is 46.3 Å². The number of nitrogens with one attached hydrogen (secondary N) is 1. The molecule has 3 amide bonds. The van der Waals surface area contributed by atoms with Crippen LogP contribution in [0.2, 0.25) is 0 Å². The van der Waals surface area contributed by atoms with Gasteiger partial charge in [-0.1, -0.05) is 5.16 Å². The minimum absolute atomic E-state index is 0. The molecule has 0 spiro atoms. The number of nitrogens with zero attached hydrogens (tertiary/aromatic N) is 3. The number of hydrogen-bond donors (Lipinski definition) is 3. The fourth-order valence-electron chi connectivity index (χ4n) is 2.19. The number of rotatable bonds is 7. The number of primary amides is 1. The van der Waals surface area contributed by atoms with Gasteiger partial charge in [0.1, 0.15) is 31.5 Å². The molecule has 17 heteroatoms. The number of β-lactam (4-membered cyclic amide) rings is 1. The number of oxime groups is 1. The summed E-state index contributed by atoms with van der Waals surface area (Å²) in [6.07, 6.45) is -1.26. The van der Waals surface area contributed by atoms with Crippen molar-refractivity contribution >= 4 is 50.4 Å². The van der Waals surface area contributed by atoms with Gasteiger partial charge < -0.3 is 30.9 Å². The molecule has 0 aromatic carbocycles. The number of nitrogen functional groups attached to an aromatic ring is 1. The monoisotopic (exact) mass is 444 g/mol. The predicted molar refractivity (Wildman–Crippen MR) is 87.9 cm³/mol. The minimum Gasteiger partial charge on any atom is -0.731 e. The van der Waals surface area contributed by atoms with E-state index in [2.05, 4.69) is 25.0 Å². The second kappa shape index (κ2) is 9.48. The zero-order chi connectivity index (χ0) is 20.4. The van der Waals surface area contributed by atoms with Gasteiger partial charge in [-0.3, -0.25) is 9.59 Å². The summed E-state index contributed by atoms with van der Waals surface area (Å²) in [7, 11) is -4.03. The molecule has 0 bridgehead atoms. The largest absolute Gasteiger partial charge is 1.00 e. The molecule has 5 N–H and O–H groups in total. The molecule has 1 aliphatic heterocycles. The van der Waals surface area contributed by atoms with Crippen LogP contribution in [0, 0.1) is 0 Å². The number of carbonyl (C=O) groups is 3. The van der Waals surface area contributed by atoms with Crippen LogP contribution in [0.5, 0.6) is 0 Å². The Morgan fingerprint density at radius 1 is 1.50 bits per heavy atom. The summed E-state index contributed by atoms with van der Waals surface area (Å²) < 4.78 is 37.9. The van der Waals surface area contributed by atoms with Crippen LogP contribution >= 0.6 is 11.3 Å². The molecule has 148 valence electrons. The number of amides is 3. The van der Waals surface area contributed by atoms with E-state index in [0.29, 0.717) is 0 Å². The minimum atomic E-state index is -5.19. The van der Waals surface area contributed by atoms with Gasteiger partial charge in [0.2, 0.25) is 0 Å². The molecular weight excluding hydrogens is 431 g/mol. The summed E-state index contributed by atoms with van der Waals surface area (Å²) in [6, 6.07) is -2.96. The third kappa shape index (κ3) is 5.30. The maximum Gasteiger partial charge on any atom is 1.00 e. The van der Waals surface area contributed by atoms with Gasteiger partial charge >= 0.3 is 35.7 Å². The van der Waals surface area contributed by atoms with Crippen LogP contribution in [-0.4, -0.2) is 71.7 Å². The topological polar surface area (TPSA) is 219 Å². The first kappa shape index (κ1) is 24.1. The Bertz CT molecular complexity index is 903. The normalized spacial score (nSPS) is 19.3. The SMILES string of the molecule is CO/N=C(\C(=O)N[C@H]1C(=O)N(S(=O)(=O)[O-])[C@H]1COC(N)=O)c1csc(N)n1.[Na+]. The van der Waals surface area contributed by atoms with E-state index in [1.807, 2.05) is 0 Å². The predicted octanol–water partition coefficient (Wildman–Crippen LogP) is -5.67. The van der Waals surface area contributed by atoms with Crippen molar-refractivity contribution in [2.75, 3.05) is 19.5 Å². The number of hydrogen-bond acceptors (Lipinski definition) is 12. The first-order valence-electron chi connectivity index (χ1n) is 6.91. The molecule has 0 unspecified atom stereocenters. The van der Waals surface area contributed by atoms with Gasteiger partial charge in [-0.2, -0.15) is 0 Å². The van der Waals surface area contributed by atoms with Crippen LogP contribution in [0.3, 0.4) is 0 Å². The van der Waals surface area contributed by atoms with E-state index in [0.717, 1.165) is 18.4 Å². The van der Waals surface area contributed by atoms with Crippen LogP contribution in [-0.2, 0) is 29.5 Å². The molecule has 2 rings (SSSR count). The molecule has 2 heterocycles. The maximum absolute atomic E-state index is 12.4. The number of ether oxygens (including phenoxy) is 1. The van der Waals surface area contributed by atoms with Gasteiger partial charge in [0.05, 0.1) is 0 Å². The summed E-state index contributed by atoms with van der Waals surface area (Å²) in [5, 5.41) is 7.21. The van der Waals surface area contributed by atoms with Crippen molar-refractivity contribution in [2.45, 2.75) is 12.1 Å². The van der Waals surface area contributed by atoms with Gasteiger partial charge in [-0.25, -0.2) is 22.5 Å². The Kier molecular flexibility index (Phi) is 8.15. The van der Waals surface area contributed by atoms with Crippen LogP contribution in [0.25, 0.3) is 0 Å². The molecule has 0 saturated carbocycles. The van der Waals surface area contributed by atoms with Gasteiger partial charge in [0.25, 0.3) is 11.8 Å². The van der Waals surface area contributed by atoms with Crippen molar-refractivity contribution < 1.29 is 66.5 Å². The van der Waals surface area contributed by atoms with Crippen molar-refractivity contribution in [1.82, 2.24) is 14.6 Å². The first-order chi connectivity index (χ1) is 12.6. The molecule has 14 nitrogen and oxygen atoms in total. The van der Waals surface area contributed by atoms with E-state index in [4.69, 9.17) is 11.5 Å². The molecule has 1 aromatic rings. The van der Waals surface area contributed by atoms with Gasteiger partial charge in [-0.15, -0.1) is 11.3 Å². The number of thiazole rings is 1. The Balaban J connectivity index is 0.00000392. The Hall–Kier alpha value is -1.98. The van der Waals surface area contributed by atoms with Gasteiger partial charge in [0.15, 0.2) is 21.1 Å². The third-order valence-corrected chi connectivity index (χ3v) is 4.86. The number of anilines is 1. The fourth-order valence-corrected chi connectivity index (χ4v) is 3.58. The molecule has 1 fully saturated rings. The number of nitrogens with two attached hydrogens (primary N) is 2. The number of carbonyl (C=O) groups excluding carboxylic acids is 3. The second-order valence-corrected chi connectivity index (χ2v) is 7.07. The molecule has 2 atom stereocenters. The summed E-state index contributed by atoms with van der Waals surface area (Å²) in [6.45, 7) is -0.728. The van der Waals surface area contributed by atoms with Crippen molar-refractivity contribution in [1.29, 1.82) is 0 Å². The zero-order valence-corrected chi connectivity index (χ0v) is 18.2. The average Bonchev–Trinajstić information content (AvgIpc) is 2.98. The van der Waals surface area contributed by atoms with Crippen molar-refractivity contribution in [3.63, 3.8) is 0 Å². The molecule has 28 heavy (non-hydrogen) atoms. The van der Waals surface area contributed by atoms with E-state index in [-0.39, 0.29) is 50.4 Å². The molecule has 1 aromatic heterocycles. The second-order valence-electron chi connectivity index (χ2n) is 4.93. The summed E-state index contributed by atoms with van der Waals surface area (Å²) in [5.74, 6) is -2.18. The molecule has 1 aliphatic rings. The van der Waals surface area contributed by atoms with E-state index in [1.54, 1.807) is 0 Å². The van der Waals surface area contributed by atoms with Crippen molar-refractivity contribution in [3.8, 4) is 0 Å². The quantitative estimate of drug-likeness (QED) is 0.119. The Morgan fingerprint density at radius 2 is 2.14 bits per heavy atom. The zero-order valence-electron chi connectivity index (χ0n) is 14.5. The third-order valence-electron chi connectivity index (χ3n) is 3.26. The van der Waals surface area contributed by atoms with Crippen LogP contribution in [0.1, 0.15) is 5.69 Å². The summed E-state index contributed by atoms with van der Waals surface area (Å²) >= 11 is 1.01. The van der Waals surface area contributed by atoms with E-state index < -0.39 is 46.9 Å². The van der Waals surface area contributed by atoms with Crippen molar-refractivity contribution in [3.05, 3.63) is 11.1 Å². The smallest absolute Gasteiger partial charge is 0.731 e. The summed E-state index contributed by atoms with van der Waals surface area (Å²) in [5.41, 5.74) is 9.97. The van der Waals surface area contributed by atoms with Crippen LogP contribution in [0.15, 0.2) is 10.5 Å². The standard InChI is InChI=1S/C11H14N6O8S2.Na/c1-24-16-6(4-3-26-10(12)14-4)8(18)15-7-5(2-25-11(13)20)17(9(7)19)27(21,22)23;/h3,5,7H,2H2,1H3,(H2,12,14)(H2,13,20)(H,15,18)(H,21,22,23);/q;+1/p-1/b16-6-;/t5-,7+;/m0./s1. The molecule has 0 aliphatic carbocycles. The Morgan fingerprint density at radius 3 is 2.61 bits per heavy atom. The first-order valence-corrected chi connectivity index (χ1v) is 9.15. The van der Waals surface area contributed by atoms with Gasteiger partial charge in [0, 0.05) is 5.38 Å². The molecule has 1 saturated heterocycles. The molecule has 0 radical (unpaired) electrons. The van der Waals surface area contributed by atoms with E-state index in [1.165, 1.54) is 5.38 Å². The van der Waals surface area contributed by atoms with E-state index >= 15 is 0 Å². The maximum atomic E-state index is 12.4.